The standard InChI is InChI=1S/C22H22FN3O3/c1-15(16-6-8-18(23)9-7-16)24-21(27)12-13-26-22(28)11-10-20(25-26)17-4-3-5-19(14-17)29-2/h3-11,14-15H,12-13H2,1-2H3,(H,24,27)/t15-/m1/s1. The van der Waals surface area contributed by atoms with Crippen molar-refractivity contribution in [1.29, 1.82) is 0 Å². The van der Waals surface area contributed by atoms with Crippen LogP contribution >= 0.6 is 0 Å². The molecule has 0 bridgehead atoms. The van der Waals surface area contributed by atoms with E-state index in [0.717, 1.165) is 11.1 Å². The Morgan fingerprint density at radius 1 is 1.17 bits per heavy atom. The zero-order chi connectivity index (χ0) is 20.8. The molecule has 7 heteroatoms. The first-order valence-corrected chi connectivity index (χ1v) is 9.23. The van der Waals surface area contributed by atoms with Gasteiger partial charge in [0.25, 0.3) is 5.56 Å². The number of halogens is 1. The lowest BCUT2D eigenvalue weighted by atomic mass is 10.1. The summed E-state index contributed by atoms with van der Waals surface area (Å²) in [6.45, 7) is 1.97. The molecule has 1 N–H and O–H groups in total. The maximum absolute atomic E-state index is 13.0. The van der Waals surface area contributed by atoms with Gasteiger partial charge in [0.1, 0.15) is 11.6 Å². The van der Waals surface area contributed by atoms with Crippen molar-refractivity contribution in [2.24, 2.45) is 0 Å². The maximum atomic E-state index is 13.0. The molecular formula is C22H22FN3O3. The van der Waals surface area contributed by atoms with Crippen molar-refractivity contribution in [3.8, 4) is 17.0 Å². The smallest absolute Gasteiger partial charge is 0.266 e. The van der Waals surface area contributed by atoms with Gasteiger partial charge in [0, 0.05) is 18.1 Å². The minimum Gasteiger partial charge on any atom is -0.497 e. The quantitative estimate of drug-likeness (QED) is 0.666. The van der Waals surface area contributed by atoms with Crippen LogP contribution in [0.25, 0.3) is 11.3 Å². The average Bonchev–Trinajstić information content (AvgIpc) is 2.73. The highest BCUT2D eigenvalue weighted by Gasteiger charge is 2.11. The second kappa shape index (κ2) is 9.14. The lowest BCUT2D eigenvalue weighted by Gasteiger charge is -2.14. The van der Waals surface area contributed by atoms with E-state index in [4.69, 9.17) is 4.74 Å². The lowest BCUT2D eigenvalue weighted by molar-refractivity contribution is -0.122. The molecular weight excluding hydrogens is 373 g/mol. The Morgan fingerprint density at radius 3 is 2.66 bits per heavy atom. The predicted octanol–water partition coefficient (Wildman–Crippen LogP) is 3.33. The number of amides is 1. The number of rotatable bonds is 7. The second-order valence-electron chi connectivity index (χ2n) is 6.60. The zero-order valence-electron chi connectivity index (χ0n) is 16.3. The van der Waals surface area contributed by atoms with Crippen molar-refractivity contribution >= 4 is 5.91 Å². The topological polar surface area (TPSA) is 73.2 Å². The molecule has 3 rings (SSSR count). The highest BCUT2D eigenvalue weighted by atomic mass is 19.1. The highest BCUT2D eigenvalue weighted by molar-refractivity contribution is 5.76. The summed E-state index contributed by atoms with van der Waals surface area (Å²) in [5, 5.41) is 7.21. The van der Waals surface area contributed by atoms with Crippen molar-refractivity contribution in [2.75, 3.05) is 7.11 Å². The van der Waals surface area contributed by atoms with Crippen LogP contribution in [-0.2, 0) is 11.3 Å². The Balaban J connectivity index is 1.66. The Kier molecular flexibility index (Phi) is 6.39. The van der Waals surface area contributed by atoms with Gasteiger partial charge in [-0.15, -0.1) is 0 Å². The van der Waals surface area contributed by atoms with E-state index in [2.05, 4.69) is 10.4 Å². The van der Waals surface area contributed by atoms with E-state index in [1.54, 1.807) is 25.3 Å². The number of carbonyl (C=O) groups excluding carboxylic acids is 1. The number of nitrogens with one attached hydrogen (secondary N) is 1. The summed E-state index contributed by atoms with van der Waals surface area (Å²) < 4.78 is 19.5. The molecule has 0 fully saturated rings. The van der Waals surface area contributed by atoms with E-state index < -0.39 is 0 Å². The van der Waals surface area contributed by atoms with Crippen LogP contribution in [0.15, 0.2) is 65.5 Å². The van der Waals surface area contributed by atoms with Crippen molar-refractivity contribution in [1.82, 2.24) is 15.1 Å². The van der Waals surface area contributed by atoms with Crippen LogP contribution in [0.2, 0.25) is 0 Å². The van der Waals surface area contributed by atoms with Crippen LogP contribution in [0.5, 0.6) is 5.75 Å². The number of nitrogens with zero attached hydrogens (tertiary/aromatic N) is 2. The molecule has 3 aromatic rings. The van der Waals surface area contributed by atoms with E-state index in [9.17, 15) is 14.0 Å². The van der Waals surface area contributed by atoms with Gasteiger partial charge in [-0.3, -0.25) is 9.59 Å². The summed E-state index contributed by atoms with van der Waals surface area (Å²) in [5.74, 6) is 0.146. The van der Waals surface area contributed by atoms with Gasteiger partial charge in [-0.05, 0) is 42.8 Å². The first kappa shape index (κ1) is 20.3. The molecule has 0 saturated carbocycles. The molecule has 1 atom stereocenters. The first-order chi connectivity index (χ1) is 14.0. The van der Waals surface area contributed by atoms with Crippen LogP contribution in [-0.4, -0.2) is 22.8 Å². The van der Waals surface area contributed by atoms with E-state index in [1.165, 1.54) is 22.9 Å². The minimum absolute atomic E-state index is 0.0972. The molecule has 6 nitrogen and oxygen atoms in total. The zero-order valence-corrected chi connectivity index (χ0v) is 16.3. The fourth-order valence-electron chi connectivity index (χ4n) is 2.90. The van der Waals surface area contributed by atoms with Crippen LogP contribution in [0.4, 0.5) is 4.39 Å². The summed E-state index contributed by atoms with van der Waals surface area (Å²) in [4.78, 5) is 24.4. The number of benzene rings is 2. The number of aromatic nitrogens is 2. The highest BCUT2D eigenvalue weighted by Crippen LogP contribution is 2.21. The Morgan fingerprint density at radius 2 is 1.93 bits per heavy atom. The molecule has 0 aliphatic carbocycles. The average molecular weight is 395 g/mol. The molecule has 0 spiro atoms. The van der Waals surface area contributed by atoms with Gasteiger partial charge in [0.2, 0.25) is 5.91 Å². The van der Waals surface area contributed by atoms with Crippen molar-refractivity contribution in [3.63, 3.8) is 0 Å². The molecule has 0 unspecified atom stereocenters. The molecule has 29 heavy (non-hydrogen) atoms. The number of carbonyl (C=O) groups is 1. The Bertz CT molecular complexity index is 1050. The van der Waals surface area contributed by atoms with Gasteiger partial charge in [-0.2, -0.15) is 5.10 Å². The molecule has 0 aliphatic rings. The van der Waals surface area contributed by atoms with Gasteiger partial charge in [0.05, 0.1) is 25.4 Å². The Hall–Kier alpha value is -3.48. The van der Waals surface area contributed by atoms with E-state index in [0.29, 0.717) is 11.4 Å². The van der Waals surface area contributed by atoms with Crippen LogP contribution in [0, 0.1) is 5.82 Å². The van der Waals surface area contributed by atoms with Crippen molar-refractivity contribution in [3.05, 3.63) is 82.4 Å². The van der Waals surface area contributed by atoms with Gasteiger partial charge in [-0.25, -0.2) is 9.07 Å². The number of hydrogen-bond acceptors (Lipinski definition) is 4. The summed E-state index contributed by atoms with van der Waals surface area (Å²) in [5.41, 5.74) is 1.95. The van der Waals surface area contributed by atoms with Crippen LogP contribution in [0.3, 0.4) is 0 Å². The molecule has 150 valence electrons. The van der Waals surface area contributed by atoms with E-state index in [1.807, 2.05) is 31.2 Å². The van der Waals surface area contributed by atoms with Gasteiger partial charge in [-0.1, -0.05) is 24.3 Å². The van der Waals surface area contributed by atoms with Gasteiger partial charge < -0.3 is 10.1 Å². The summed E-state index contributed by atoms with van der Waals surface area (Å²) in [6.07, 6.45) is 0.0972. The monoisotopic (exact) mass is 395 g/mol. The molecule has 0 radical (unpaired) electrons. The Labute approximate surface area is 168 Å². The number of methoxy groups -OCH3 is 1. The van der Waals surface area contributed by atoms with Gasteiger partial charge >= 0.3 is 0 Å². The lowest BCUT2D eigenvalue weighted by Crippen LogP contribution is -2.30. The minimum atomic E-state index is -0.325. The maximum Gasteiger partial charge on any atom is 0.266 e. The SMILES string of the molecule is COc1cccc(-c2ccc(=O)n(CCC(=O)N[C@H](C)c3ccc(F)cc3)n2)c1. The number of hydrogen-bond donors (Lipinski definition) is 1. The van der Waals surface area contributed by atoms with Gasteiger partial charge in [0.15, 0.2) is 0 Å². The largest absolute Gasteiger partial charge is 0.497 e. The van der Waals surface area contributed by atoms with Crippen molar-refractivity contribution < 1.29 is 13.9 Å². The molecule has 0 aliphatic heterocycles. The predicted molar refractivity (Wildman–Crippen MR) is 108 cm³/mol. The fraction of sp³-hybridized carbons (Fsp3) is 0.227. The second-order valence-corrected chi connectivity index (χ2v) is 6.60. The normalized spacial score (nSPS) is 11.7. The molecule has 0 saturated heterocycles. The third kappa shape index (κ3) is 5.28. The third-order valence-corrected chi connectivity index (χ3v) is 4.53. The van der Waals surface area contributed by atoms with Crippen LogP contribution < -0.4 is 15.6 Å². The number of aryl methyl sites for hydroxylation is 1. The van der Waals surface area contributed by atoms with Crippen molar-refractivity contribution in [2.45, 2.75) is 25.9 Å². The molecule has 1 heterocycles. The van der Waals surface area contributed by atoms with E-state index in [-0.39, 0.29) is 36.3 Å². The van der Waals surface area contributed by atoms with E-state index >= 15 is 0 Å². The number of ether oxygens (including phenoxy) is 1. The first-order valence-electron chi connectivity index (χ1n) is 9.23. The van der Waals surface area contributed by atoms with Crippen LogP contribution in [0.1, 0.15) is 24.9 Å². The summed E-state index contributed by atoms with van der Waals surface area (Å²) >= 11 is 0. The molecule has 1 aromatic heterocycles. The fourth-order valence-corrected chi connectivity index (χ4v) is 2.90. The molecule has 2 aromatic carbocycles. The summed E-state index contributed by atoms with van der Waals surface area (Å²) in [6, 6.07) is 16.1. The summed E-state index contributed by atoms with van der Waals surface area (Å²) in [7, 11) is 1.58. The molecule has 1 amide bonds. The third-order valence-electron chi connectivity index (χ3n) is 4.53.